The van der Waals surface area contributed by atoms with Crippen LogP contribution in [0.2, 0.25) is 0 Å². The molecule has 0 aromatic heterocycles. The highest BCUT2D eigenvalue weighted by Gasteiger charge is 2.10. The Kier molecular flexibility index (Phi) is 5.09. The van der Waals surface area contributed by atoms with Crippen LogP contribution in [0.3, 0.4) is 0 Å². The van der Waals surface area contributed by atoms with E-state index in [4.69, 9.17) is 17.3 Å². The summed E-state index contributed by atoms with van der Waals surface area (Å²) in [6.07, 6.45) is 0. The van der Waals surface area contributed by atoms with Gasteiger partial charge in [0, 0.05) is 5.92 Å². The summed E-state index contributed by atoms with van der Waals surface area (Å²) < 4.78 is 13.5. The van der Waals surface area contributed by atoms with Crippen LogP contribution in [0.25, 0.3) is 0 Å². The Balaban J connectivity index is 2.98. The van der Waals surface area contributed by atoms with Gasteiger partial charge in [0.15, 0.2) is 0 Å². The lowest BCUT2D eigenvalue weighted by Crippen LogP contribution is -2.18. The van der Waals surface area contributed by atoms with Gasteiger partial charge in [-0.1, -0.05) is 13.8 Å². The molecule has 6 heteroatoms. The molecule has 4 nitrogen and oxygen atoms in total. The third-order valence-electron chi connectivity index (χ3n) is 2.14. The molecule has 98 valence electrons. The highest BCUT2D eigenvalue weighted by Crippen LogP contribution is 2.22. The molecular formula is C12H15ClFN3O. The molecule has 1 amide bonds. The van der Waals surface area contributed by atoms with Crippen LogP contribution in [0, 0.1) is 11.7 Å². The van der Waals surface area contributed by atoms with E-state index in [0.717, 1.165) is 0 Å². The van der Waals surface area contributed by atoms with E-state index < -0.39 is 5.82 Å². The largest absolute Gasteiger partial charge is 0.386 e. The minimum atomic E-state index is -0.521. The fourth-order valence-electron chi connectivity index (χ4n) is 1.15. The molecule has 0 fully saturated rings. The van der Waals surface area contributed by atoms with E-state index in [-0.39, 0.29) is 29.2 Å². The highest BCUT2D eigenvalue weighted by atomic mass is 35.5. The van der Waals surface area contributed by atoms with E-state index in [0.29, 0.717) is 5.69 Å². The number of nitrogens with one attached hydrogen (secondary N) is 1. The number of rotatable bonds is 4. The van der Waals surface area contributed by atoms with Crippen LogP contribution in [-0.4, -0.2) is 17.6 Å². The van der Waals surface area contributed by atoms with Gasteiger partial charge in [0.05, 0.1) is 17.3 Å². The smallest absolute Gasteiger partial charge is 0.227 e. The average Bonchev–Trinajstić information content (AvgIpc) is 2.33. The van der Waals surface area contributed by atoms with E-state index in [1.165, 1.54) is 18.2 Å². The summed E-state index contributed by atoms with van der Waals surface area (Å²) in [6, 6.07) is 4.09. The first kappa shape index (κ1) is 14.4. The Morgan fingerprint density at radius 1 is 1.56 bits per heavy atom. The van der Waals surface area contributed by atoms with Crippen molar-refractivity contribution in [2.24, 2.45) is 16.6 Å². The van der Waals surface area contributed by atoms with Gasteiger partial charge >= 0.3 is 0 Å². The summed E-state index contributed by atoms with van der Waals surface area (Å²) in [4.78, 5) is 15.5. The van der Waals surface area contributed by atoms with Crippen LogP contribution in [0.5, 0.6) is 0 Å². The number of hydrogen-bond acceptors (Lipinski definition) is 2. The molecule has 0 heterocycles. The number of hydrogen-bond donors (Lipinski definition) is 2. The SMILES string of the molecule is CC(C)C(=O)Nc1cc(N=C(N)CCl)ccc1F. The van der Waals surface area contributed by atoms with Crippen molar-refractivity contribution in [1.82, 2.24) is 0 Å². The van der Waals surface area contributed by atoms with E-state index in [9.17, 15) is 9.18 Å². The number of halogens is 2. The van der Waals surface area contributed by atoms with Crippen molar-refractivity contribution in [3.63, 3.8) is 0 Å². The number of nitrogens with two attached hydrogens (primary N) is 1. The number of amides is 1. The molecule has 0 unspecified atom stereocenters. The number of amidine groups is 1. The van der Waals surface area contributed by atoms with Crippen molar-refractivity contribution in [2.75, 3.05) is 11.2 Å². The standard InChI is InChI=1S/C12H15ClFN3O/c1-7(2)12(18)17-10-5-8(3-4-9(10)14)16-11(15)6-13/h3-5,7H,6H2,1-2H3,(H2,15,16)(H,17,18). The van der Waals surface area contributed by atoms with Crippen molar-refractivity contribution in [2.45, 2.75) is 13.8 Å². The summed E-state index contributed by atoms with van der Waals surface area (Å²) in [5.74, 6) is -0.702. The minimum absolute atomic E-state index is 0.0809. The van der Waals surface area contributed by atoms with Crippen LogP contribution >= 0.6 is 11.6 Å². The molecule has 0 spiro atoms. The lowest BCUT2D eigenvalue weighted by atomic mass is 10.2. The van der Waals surface area contributed by atoms with Crippen molar-refractivity contribution in [1.29, 1.82) is 0 Å². The van der Waals surface area contributed by atoms with Crippen LogP contribution in [0.15, 0.2) is 23.2 Å². The number of carbonyl (C=O) groups excluding carboxylic acids is 1. The summed E-state index contributed by atoms with van der Waals surface area (Å²) in [6.45, 7) is 3.45. The Morgan fingerprint density at radius 3 is 2.78 bits per heavy atom. The van der Waals surface area contributed by atoms with E-state index in [1.807, 2.05) is 0 Å². The molecule has 0 bridgehead atoms. The molecule has 1 aromatic carbocycles. The Hall–Kier alpha value is -1.62. The number of anilines is 1. The number of aliphatic imine (C=N–C) groups is 1. The predicted octanol–water partition coefficient (Wildman–Crippen LogP) is 2.65. The minimum Gasteiger partial charge on any atom is -0.386 e. The Labute approximate surface area is 110 Å². The Bertz CT molecular complexity index is 474. The average molecular weight is 272 g/mol. The van der Waals surface area contributed by atoms with Crippen LogP contribution < -0.4 is 11.1 Å². The lowest BCUT2D eigenvalue weighted by molar-refractivity contribution is -0.118. The second kappa shape index (κ2) is 6.35. The normalized spacial score (nSPS) is 11.7. The molecule has 3 N–H and O–H groups in total. The van der Waals surface area contributed by atoms with Gasteiger partial charge in [-0.15, -0.1) is 11.6 Å². The third-order valence-corrected chi connectivity index (χ3v) is 2.42. The van der Waals surface area contributed by atoms with Gasteiger partial charge in [-0.05, 0) is 18.2 Å². The topological polar surface area (TPSA) is 67.5 Å². The monoisotopic (exact) mass is 271 g/mol. The molecule has 0 radical (unpaired) electrons. The molecule has 18 heavy (non-hydrogen) atoms. The fraction of sp³-hybridized carbons (Fsp3) is 0.333. The molecule has 0 atom stereocenters. The van der Waals surface area contributed by atoms with Crippen LogP contribution in [0.1, 0.15) is 13.8 Å². The molecule has 1 aromatic rings. The summed E-state index contributed by atoms with van der Waals surface area (Å²) in [5, 5.41) is 2.48. The molecule has 0 aliphatic rings. The van der Waals surface area contributed by atoms with Crippen molar-refractivity contribution in [3.8, 4) is 0 Å². The number of nitrogens with zero attached hydrogens (tertiary/aromatic N) is 1. The number of benzene rings is 1. The zero-order chi connectivity index (χ0) is 13.7. The molecule has 1 rings (SSSR count). The van der Waals surface area contributed by atoms with E-state index >= 15 is 0 Å². The zero-order valence-corrected chi connectivity index (χ0v) is 11.0. The van der Waals surface area contributed by atoms with Crippen LogP contribution in [0.4, 0.5) is 15.8 Å². The molecular weight excluding hydrogens is 257 g/mol. The maximum atomic E-state index is 13.5. The fourth-order valence-corrected chi connectivity index (χ4v) is 1.21. The predicted molar refractivity (Wildman–Crippen MR) is 71.9 cm³/mol. The first-order chi connectivity index (χ1) is 8.43. The van der Waals surface area contributed by atoms with Crippen molar-refractivity contribution >= 4 is 34.7 Å². The third kappa shape index (κ3) is 4.00. The summed E-state index contributed by atoms with van der Waals surface area (Å²) >= 11 is 5.50. The van der Waals surface area contributed by atoms with Crippen LogP contribution in [-0.2, 0) is 4.79 Å². The molecule has 0 aliphatic heterocycles. The summed E-state index contributed by atoms with van der Waals surface area (Å²) in [5.41, 5.74) is 6.00. The van der Waals surface area contributed by atoms with Gasteiger partial charge in [0.25, 0.3) is 0 Å². The van der Waals surface area contributed by atoms with Crippen molar-refractivity contribution in [3.05, 3.63) is 24.0 Å². The van der Waals surface area contributed by atoms with Gasteiger partial charge in [-0.2, -0.15) is 0 Å². The number of alkyl halides is 1. The highest BCUT2D eigenvalue weighted by molar-refractivity contribution is 6.28. The molecule has 0 saturated carbocycles. The first-order valence-electron chi connectivity index (χ1n) is 5.43. The van der Waals surface area contributed by atoms with Gasteiger partial charge in [-0.3, -0.25) is 4.79 Å². The quantitative estimate of drug-likeness (QED) is 0.502. The lowest BCUT2D eigenvalue weighted by Gasteiger charge is -2.09. The maximum Gasteiger partial charge on any atom is 0.227 e. The van der Waals surface area contributed by atoms with Gasteiger partial charge < -0.3 is 11.1 Å². The maximum absolute atomic E-state index is 13.5. The molecule has 0 aliphatic carbocycles. The van der Waals surface area contributed by atoms with Gasteiger partial charge in [-0.25, -0.2) is 9.38 Å². The number of carbonyl (C=O) groups is 1. The first-order valence-corrected chi connectivity index (χ1v) is 5.97. The second-order valence-electron chi connectivity index (χ2n) is 4.04. The second-order valence-corrected chi connectivity index (χ2v) is 4.31. The molecule has 0 saturated heterocycles. The van der Waals surface area contributed by atoms with Crippen molar-refractivity contribution < 1.29 is 9.18 Å². The van der Waals surface area contributed by atoms with Gasteiger partial charge in [0.1, 0.15) is 11.7 Å². The zero-order valence-electron chi connectivity index (χ0n) is 10.2. The van der Waals surface area contributed by atoms with Gasteiger partial charge in [0.2, 0.25) is 5.91 Å². The Morgan fingerprint density at radius 2 is 2.22 bits per heavy atom. The van der Waals surface area contributed by atoms with E-state index in [2.05, 4.69) is 10.3 Å². The van der Waals surface area contributed by atoms with E-state index in [1.54, 1.807) is 13.8 Å². The summed E-state index contributed by atoms with van der Waals surface area (Å²) in [7, 11) is 0.